The van der Waals surface area contributed by atoms with Crippen LogP contribution in [0.25, 0.3) is 0 Å². The minimum Gasteiger partial charge on any atom is -0.338 e. The van der Waals surface area contributed by atoms with Crippen LogP contribution >= 0.6 is 0 Å². The molecule has 3 N–H and O–H groups in total. The van der Waals surface area contributed by atoms with E-state index in [0.29, 0.717) is 18.4 Å². The standard InChI is InChI=1S/C20H32N2O2.C9H21N.C7H8.C3H8.C2H2/c1-7-16-12-19(22-20(24)21-9-8-13(2)3)17(10-14(4)5)11-18(16)15(6)23;1-3-5-6-7-9-10-8-4-2;1-7-5-3-2-4-6-7;1-3-2;1-2/h11-14H,7-10H2,1-6H3,(H2,21,22,24);10H,3-9H2,1-2H3;2-6H,1H3;3H2,1-2H3;1-2H. The molecule has 5 nitrogen and oxygen atoms in total. The van der Waals surface area contributed by atoms with Crippen LogP contribution in [0.4, 0.5) is 10.5 Å². The van der Waals surface area contributed by atoms with Crippen molar-refractivity contribution in [3.8, 4) is 12.8 Å². The predicted octanol–water partition coefficient (Wildman–Crippen LogP) is 11.0. The Morgan fingerprint density at radius 2 is 1.37 bits per heavy atom. The lowest BCUT2D eigenvalue weighted by molar-refractivity contribution is 0.101. The smallest absolute Gasteiger partial charge is 0.319 e. The summed E-state index contributed by atoms with van der Waals surface area (Å²) in [4.78, 5) is 24.1. The maximum Gasteiger partial charge on any atom is 0.319 e. The van der Waals surface area contributed by atoms with E-state index in [0.717, 1.165) is 41.6 Å². The number of rotatable bonds is 15. The zero-order valence-electron chi connectivity index (χ0n) is 31.7. The zero-order chi connectivity index (χ0) is 35.8. The van der Waals surface area contributed by atoms with Gasteiger partial charge < -0.3 is 16.0 Å². The van der Waals surface area contributed by atoms with E-state index in [4.69, 9.17) is 0 Å². The highest BCUT2D eigenvalue weighted by molar-refractivity contribution is 5.97. The Hall–Kier alpha value is -3.10. The van der Waals surface area contributed by atoms with Crippen LogP contribution in [0.5, 0.6) is 0 Å². The molecule has 5 heteroatoms. The third-order valence-electron chi connectivity index (χ3n) is 6.55. The maximum absolute atomic E-state index is 12.2. The highest BCUT2D eigenvalue weighted by Crippen LogP contribution is 2.25. The molecular weight excluding hydrogens is 566 g/mol. The Bertz CT molecular complexity index is 1010. The average Bonchev–Trinajstić information content (AvgIpc) is 3.01. The monoisotopic (exact) mass is 638 g/mol. The Morgan fingerprint density at radius 1 is 0.761 bits per heavy atom. The predicted molar refractivity (Wildman–Crippen MR) is 205 cm³/mol. The molecule has 0 bridgehead atoms. The fourth-order valence-electron chi connectivity index (χ4n) is 4.19. The molecule has 2 aromatic carbocycles. The summed E-state index contributed by atoms with van der Waals surface area (Å²) in [5.41, 5.74) is 4.90. The number of Topliss-reactive ketones (excluding diaryl/α,β-unsaturated/α-hetero) is 1. The Labute approximate surface area is 285 Å². The van der Waals surface area contributed by atoms with Crippen LogP contribution in [0, 0.1) is 31.6 Å². The van der Waals surface area contributed by atoms with Gasteiger partial charge in [0.2, 0.25) is 0 Å². The lowest BCUT2D eigenvalue weighted by Gasteiger charge is -2.17. The van der Waals surface area contributed by atoms with Gasteiger partial charge in [0, 0.05) is 17.8 Å². The molecule has 46 heavy (non-hydrogen) atoms. The largest absolute Gasteiger partial charge is 0.338 e. The molecule has 0 radical (unpaired) electrons. The number of amides is 2. The van der Waals surface area contributed by atoms with Gasteiger partial charge in [-0.2, -0.15) is 0 Å². The number of aryl methyl sites for hydroxylation is 2. The van der Waals surface area contributed by atoms with Gasteiger partial charge in [-0.3, -0.25) is 4.79 Å². The third kappa shape index (κ3) is 28.4. The molecule has 0 spiro atoms. The first kappa shape index (κ1) is 47.3. The van der Waals surface area contributed by atoms with Crippen molar-refractivity contribution in [2.45, 2.75) is 134 Å². The highest BCUT2D eigenvalue weighted by atomic mass is 16.2. The molecule has 0 aliphatic carbocycles. The van der Waals surface area contributed by atoms with Crippen molar-refractivity contribution in [2.75, 3.05) is 25.0 Å². The topological polar surface area (TPSA) is 70.2 Å². The fraction of sp³-hybridized carbons (Fsp3) is 0.610. The van der Waals surface area contributed by atoms with Crippen molar-refractivity contribution in [1.82, 2.24) is 10.6 Å². The van der Waals surface area contributed by atoms with E-state index < -0.39 is 0 Å². The van der Waals surface area contributed by atoms with Gasteiger partial charge in [0.05, 0.1) is 0 Å². The van der Waals surface area contributed by atoms with Crippen LogP contribution in [0.15, 0.2) is 42.5 Å². The number of carbonyl (C=O) groups excluding carboxylic acids is 2. The lowest BCUT2D eigenvalue weighted by atomic mass is 9.93. The van der Waals surface area contributed by atoms with Crippen molar-refractivity contribution in [2.24, 2.45) is 11.8 Å². The molecule has 0 aliphatic rings. The number of hydrogen-bond donors (Lipinski definition) is 3. The molecule has 2 aromatic rings. The second-order valence-corrected chi connectivity index (χ2v) is 12.4. The first-order valence-electron chi connectivity index (χ1n) is 17.7. The Morgan fingerprint density at radius 3 is 1.80 bits per heavy atom. The number of nitrogens with one attached hydrogen (secondary N) is 3. The van der Waals surface area contributed by atoms with E-state index in [9.17, 15) is 9.59 Å². The molecule has 0 fully saturated rings. The summed E-state index contributed by atoms with van der Waals surface area (Å²) < 4.78 is 0. The summed E-state index contributed by atoms with van der Waals surface area (Å²) in [7, 11) is 0. The quantitative estimate of drug-likeness (QED) is 0.103. The lowest BCUT2D eigenvalue weighted by Crippen LogP contribution is -2.30. The molecule has 0 saturated carbocycles. The summed E-state index contributed by atoms with van der Waals surface area (Å²) >= 11 is 0. The van der Waals surface area contributed by atoms with Crippen molar-refractivity contribution >= 4 is 17.5 Å². The molecule has 0 unspecified atom stereocenters. The van der Waals surface area contributed by atoms with Gasteiger partial charge in [-0.1, -0.05) is 124 Å². The molecule has 262 valence electrons. The van der Waals surface area contributed by atoms with Gasteiger partial charge in [-0.05, 0) is 94.1 Å². The van der Waals surface area contributed by atoms with Gasteiger partial charge in [0.15, 0.2) is 5.78 Å². The SMILES string of the molecule is C#C.CCC.CCCCCCNCCC.CCc1cc(NC(=O)NCCC(C)C)c(CC(C)C)cc1C(C)=O.Cc1ccccc1. The summed E-state index contributed by atoms with van der Waals surface area (Å²) in [5.74, 6) is 1.08. The molecule has 0 heterocycles. The van der Waals surface area contributed by atoms with Crippen LogP contribution < -0.4 is 16.0 Å². The number of anilines is 1. The number of hydrogen-bond acceptors (Lipinski definition) is 3. The minimum atomic E-state index is -0.182. The van der Waals surface area contributed by atoms with Crippen LogP contribution in [-0.2, 0) is 12.8 Å². The van der Waals surface area contributed by atoms with E-state index >= 15 is 0 Å². The van der Waals surface area contributed by atoms with Gasteiger partial charge >= 0.3 is 6.03 Å². The fourth-order valence-corrected chi connectivity index (χ4v) is 4.19. The first-order chi connectivity index (χ1) is 22.0. The van der Waals surface area contributed by atoms with Gasteiger partial charge in [-0.25, -0.2) is 4.79 Å². The number of terminal acetylenes is 1. The van der Waals surface area contributed by atoms with Gasteiger partial charge in [0.1, 0.15) is 0 Å². The number of unbranched alkanes of at least 4 members (excludes halogenated alkanes) is 3. The van der Waals surface area contributed by atoms with E-state index in [1.54, 1.807) is 6.92 Å². The molecule has 0 aromatic heterocycles. The van der Waals surface area contributed by atoms with E-state index in [2.05, 4.69) is 103 Å². The summed E-state index contributed by atoms with van der Waals surface area (Å²) in [6.45, 7) is 26.0. The molecule has 2 amide bonds. The van der Waals surface area contributed by atoms with Crippen LogP contribution in [0.3, 0.4) is 0 Å². The third-order valence-corrected chi connectivity index (χ3v) is 6.55. The first-order valence-corrected chi connectivity index (χ1v) is 17.7. The van der Waals surface area contributed by atoms with Crippen molar-refractivity contribution in [3.63, 3.8) is 0 Å². The second-order valence-electron chi connectivity index (χ2n) is 12.4. The molecular formula is C41H71N3O2. The summed E-state index contributed by atoms with van der Waals surface area (Å²) in [6.07, 6.45) is 18.5. The average molecular weight is 638 g/mol. The Balaban J connectivity index is -0.000000684. The number of urea groups is 1. The maximum atomic E-state index is 12.2. The number of benzene rings is 2. The van der Waals surface area contributed by atoms with Crippen LogP contribution in [0.2, 0.25) is 0 Å². The van der Waals surface area contributed by atoms with Crippen molar-refractivity contribution in [1.29, 1.82) is 0 Å². The molecule has 0 aliphatic heterocycles. The van der Waals surface area contributed by atoms with Crippen LogP contribution in [0.1, 0.15) is 141 Å². The molecule has 2 rings (SSSR count). The molecule has 0 saturated heterocycles. The summed E-state index contributed by atoms with van der Waals surface area (Å²) in [5, 5.41) is 9.26. The number of ketones is 1. The normalized spacial score (nSPS) is 9.72. The van der Waals surface area contributed by atoms with Gasteiger partial charge in [-0.15, -0.1) is 12.8 Å². The minimum absolute atomic E-state index is 0.0739. The van der Waals surface area contributed by atoms with Crippen molar-refractivity contribution < 1.29 is 9.59 Å². The van der Waals surface area contributed by atoms with E-state index in [-0.39, 0.29) is 11.8 Å². The highest BCUT2D eigenvalue weighted by Gasteiger charge is 2.15. The van der Waals surface area contributed by atoms with E-state index in [1.165, 1.54) is 57.2 Å². The second kappa shape index (κ2) is 33.3. The van der Waals surface area contributed by atoms with Gasteiger partial charge in [0.25, 0.3) is 0 Å². The Kier molecular flexibility index (Phi) is 34.2. The summed E-state index contributed by atoms with van der Waals surface area (Å²) in [6, 6.07) is 14.0. The van der Waals surface area contributed by atoms with Crippen molar-refractivity contribution in [3.05, 3.63) is 64.7 Å². The van der Waals surface area contributed by atoms with Crippen LogP contribution in [-0.4, -0.2) is 31.4 Å². The van der Waals surface area contributed by atoms with E-state index in [1.807, 2.05) is 37.3 Å². The molecule has 0 atom stereocenters. The zero-order valence-corrected chi connectivity index (χ0v) is 31.7. The number of carbonyl (C=O) groups is 2.